The monoisotopic (exact) mass is 126 g/mol. The molecule has 0 aromatic carbocycles. The van der Waals surface area contributed by atoms with Crippen molar-refractivity contribution in [1.29, 1.82) is 0 Å². The fraction of sp³-hybridized carbons (Fsp3) is 0.625. The predicted molar refractivity (Wildman–Crippen MR) is 39.3 cm³/mol. The van der Waals surface area contributed by atoms with Crippen molar-refractivity contribution < 1.29 is 4.79 Å². The zero-order valence-corrected chi connectivity index (χ0v) is 5.97. The highest BCUT2D eigenvalue weighted by Crippen LogP contribution is 2.09. The molecule has 0 aromatic heterocycles. The number of hydrogen-bond donors (Lipinski definition) is 0. The third kappa shape index (κ3) is 3.95. The zero-order chi connectivity index (χ0) is 7.11. The summed E-state index contributed by atoms with van der Waals surface area (Å²) < 4.78 is 0. The van der Waals surface area contributed by atoms with Crippen molar-refractivity contribution in [2.24, 2.45) is 5.92 Å². The Morgan fingerprint density at radius 3 is 2.67 bits per heavy atom. The fourth-order valence-corrected chi connectivity index (χ4v) is 0.826. The third-order valence-electron chi connectivity index (χ3n) is 1.39. The molecule has 0 aliphatic heterocycles. The number of rotatable bonds is 5. The van der Waals surface area contributed by atoms with Crippen LogP contribution in [0, 0.1) is 5.92 Å². The Morgan fingerprint density at radius 1 is 1.67 bits per heavy atom. The lowest BCUT2D eigenvalue weighted by atomic mass is 10.0. The van der Waals surface area contributed by atoms with Crippen LogP contribution >= 0.6 is 0 Å². The van der Waals surface area contributed by atoms with Gasteiger partial charge < -0.3 is 4.79 Å². The minimum atomic E-state index is 0.410. The van der Waals surface area contributed by atoms with Crippen LogP contribution in [-0.4, -0.2) is 6.29 Å². The van der Waals surface area contributed by atoms with Crippen LogP contribution in [0.4, 0.5) is 0 Å². The molecule has 0 rings (SSSR count). The summed E-state index contributed by atoms with van der Waals surface area (Å²) >= 11 is 0. The summed E-state index contributed by atoms with van der Waals surface area (Å²) in [6.07, 6.45) is 5.67. The van der Waals surface area contributed by atoms with Crippen LogP contribution in [0.15, 0.2) is 12.7 Å². The van der Waals surface area contributed by atoms with Crippen molar-refractivity contribution in [2.45, 2.75) is 26.2 Å². The van der Waals surface area contributed by atoms with Gasteiger partial charge in [-0.3, -0.25) is 0 Å². The topological polar surface area (TPSA) is 17.1 Å². The van der Waals surface area contributed by atoms with Crippen LogP contribution in [0.1, 0.15) is 26.2 Å². The van der Waals surface area contributed by atoms with E-state index in [1.165, 1.54) is 0 Å². The van der Waals surface area contributed by atoms with Crippen LogP contribution in [0.5, 0.6) is 0 Å². The lowest BCUT2D eigenvalue weighted by molar-refractivity contribution is -0.108. The van der Waals surface area contributed by atoms with E-state index in [-0.39, 0.29) is 0 Å². The lowest BCUT2D eigenvalue weighted by Gasteiger charge is -2.03. The Kier molecular flexibility index (Phi) is 5.18. The number of carbonyl (C=O) groups is 1. The quantitative estimate of drug-likeness (QED) is 0.407. The first-order valence-electron chi connectivity index (χ1n) is 3.41. The molecule has 0 aliphatic rings. The van der Waals surface area contributed by atoms with Gasteiger partial charge in [0.1, 0.15) is 6.29 Å². The summed E-state index contributed by atoms with van der Waals surface area (Å²) in [6, 6.07) is 0. The highest BCUT2D eigenvalue weighted by molar-refractivity contribution is 5.50. The molecule has 0 spiro atoms. The van der Waals surface area contributed by atoms with Gasteiger partial charge in [0.05, 0.1) is 0 Å². The van der Waals surface area contributed by atoms with Crippen molar-refractivity contribution in [3.05, 3.63) is 12.7 Å². The average molecular weight is 126 g/mol. The molecular formula is C8H14O. The Balaban J connectivity index is 3.40. The molecule has 1 nitrogen and oxygen atoms in total. The van der Waals surface area contributed by atoms with E-state index in [4.69, 9.17) is 0 Å². The van der Waals surface area contributed by atoms with Gasteiger partial charge in [0.2, 0.25) is 0 Å². The molecule has 0 aromatic rings. The van der Waals surface area contributed by atoms with Gasteiger partial charge in [-0.1, -0.05) is 19.4 Å². The van der Waals surface area contributed by atoms with E-state index in [9.17, 15) is 4.79 Å². The molecule has 0 unspecified atom stereocenters. The minimum Gasteiger partial charge on any atom is -0.303 e. The summed E-state index contributed by atoms with van der Waals surface area (Å²) in [4.78, 5) is 10.0. The first-order chi connectivity index (χ1) is 4.35. The Bertz CT molecular complexity index is 86.6. The van der Waals surface area contributed by atoms with Gasteiger partial charge in [-0.05, 0) is 12.3 Å². The molecule has 0 amide bonds. The van der Waals surface area contributed by atoms with E-state index in [2.05, 4.69) is 13.5 Å². The van der Waals surface area contributed by atoms with Crippen LogP contribution < -0.4 is 0 Å². The normalized spacial score (nSPS) is 12.6. The SMILES string of the molecule is C=C[C@@H](CC=O)CCC. The molecular weight excluding hydrogens is 112 g/mol. The van der Waals surface area contributed by atoms with E-state index < -0.39 is 0 Å². The minimum absolute atomic E-state index is 0.410. The molecule has 52 valence electrons. The Labute approximate surface area is 56.8 Å². The van der Waals surface area contributed by atoms with Gasteiger partial charge in [0, 0.05) is 6.42 Å². The van der Waals surface area contributed by atoms with E-state index in [1.807, 2.05) is 6.08 Å². The predicted octanol–water partition coefficient (Wildman–Crippen LogP) is 2.18. The molecule has 0 N–H and O–H groups in total. The maximum atomic E-state index is 10.0. The molecule has 9 heavy (non-hydrogen) atoms. The molecule has 0 bridgehead atoms. The van der Waals surface area contributed by atoms with E-state index >= 15 is 0 Å². The number of carbonyl (C=O) groups excluding carboxylic acids is 1. The summed E-state index contributed by atoms with van der Waals surface area (Å²) in [6.45, 7) is 5.75. The third-order valence-corrected chi connectivity index (χ3v) is 1.39. The molecule has 0 heterocycles. The van der Waals surface area contributed by atoms with Crippen LogP contribution in [0.25, 0.3) is 0 Å². The summed E-state index contributed by atoms with van der Waals surface area (Å²) in [5.74, 6) is 0.410. The zero-order valence-electron chi connectivity index (χ0n) is 5.97. The first-order valence-corrected chi connectivity index (χ1v) is 3.41. The van der Waals surface area contributed by atoms with E-state index in [0.717, 1.165) is 19.1 Å². The lowest BCUT2D eigenvalue weighted by Crippen LogP contribution is -1.95. The maximum Gasteiger partial charge on any atom is 0.120 e. The molecule has 0 saturated carbocycles. The Hall–Kier alpha value is -0.590. The van der Waals surface area contributed by atoms with E-state index in [1.54, 1.807) is 0 Å². The van der Waals surface area contributed by atoms with Crippen molar-refractivity contribution in [1.82, 2.24) is 0 Å². The fourth-order valence-electron chi connectivity index (χ4n) is 0.826. The molecule has 1 atom stereocenters. The highest BCUT2D eigenvalue weighted by atomic mass is 16.1. The number of allylic oxidation sites excluding steroid dienone is 1. The number of aldehydes is 1. The second-order valence-corrected chi connectivity index (χ2v) is 2.19. The standard InChI is InChI=1S/C8H14O/c1-3-5-8(4-2)6-7-9/h4,7-8H,2-3,5-6H2,1H3/t8-/m1/s1. The summed E-state index contributed by atoms with van der Waals surface area (Å²) in [5, 5.41) is 0. The van der Waals surface area contributed by atoms with Crippen molar-refractivity contribution >= 4 is 6.29 Å². The van der Waals surface area contributed by atoms with Gasteiger partial charge in [-0.25, -0.2) is 0 Å². The number of hydrogen-bond acceptors (Lipinski definition) is 1. The molecule has 0 aliphatic carbocycles. The first kappa shape index (κ1) is 8.41. The molecule has 1 heteroatoms. The van der Waals surface area contributed by atoms with Gasteiger partial charge in [0.25, 0.3) is 0 Å². The van der Waals surface area contributed by atoms with Gasteiger partial charge >= 0.3 is 0 Å². The van der Waals surface area contributed by atoms with E-state index in [0.29, 0.717) is 12.3 Å². The summed E-state index contributed by atoms with van der Waals surface area (Å²) in [5.41, 5.74) is 0. The van der Waals surface area contributed by atoms with Crippen LogP contribution in [0.3, 0.4) is 0 Å². The van der Waals surface area contributed by atoms with Crippen LogP contribution in [-0.2, 0) is 4.79 Å². The van der Waals surface area contributed by atoms with Crippen LogP contribution in [0.2, 0.25) is 0 Å². The smallest absolute Gasteiger partial charge is 0.120 e. The van der Waals surface area contributed by atoms with Crippen molar-refractivity contribution in [3.8, 4) is 0 Å². The highest BCUT2D eigenvalue weighted by Gasteiger charge is 1.99. The Morgan fingerprint density at radius 2 is 2.33 bits per heavy atom. The molecule has 0 radical (unpaired) electrons. The average Bonchev–Trinajstić information content (AvgIpc) is 1.88. The second kappa shape index (κ2) is 5.54. The van der Waals surface area contributed by atoms with Gasteiger partial charge in [-0.15, -0.1) is 6.58 Å². The van der Waals surface area contributed by atoms with Gasteiger partial charge in [-0.2, -0.15) is 0 Å². The summed E-state index contributed by atoms with van der Waals surface area (Å²) in [7, 11) is 0. The van der Waals surface area contributed by atoms with Gasteiger partial charge in [0.15, 0.2) is 0 Å². The maximum absolute atomic E-state index is 10.0. The second-order valence-electron chi connectivity index (χ2n) is 2.19. The van der Waals surface area contributed by atoms with Crippen molar-refractivity contribution in [2.75, 3.05) is 0 Å². The molecule has 0 fully saturated rings. The molecule has 0 saturated heterocycles. The largest absolute Gasteiger partial charge is 0.303 e. The van der Waals surface area contributed by atoms with Crippen molar-refractivity contribution in [3.63, 3.8) is 0 Å².